The number of para-hydroxylation sites is 1. The highest BCUT2D eigenvalue weighted by atomic mass is 16.2. The molecule has 1 saturated heterocycles. The van der Waals surface area contributed by atoms with Crippen molar-refractivity contribution in [3.63, 3.8) is 0 Å². The van der Waals surface area contributed by atoms with Gasteiger partial charge in [-0.05, 0) is 36.5 Å². The summed E-state index contributed by atoms with van der Waals surface area (Å²) in [7, 11) is 0. The standard InChI is InChI=1S/C24H30N2O2/c1-18(2)16-19-8-10-20(11-9-19)23(27)12-13-24(28)26-15-14-22(17-26)25-21-6-4-3-5-7-21/h3-11,18,22,25H,12-17H2,1-2H3. The molecule has 2 aromatic carbocycles. The molecule has 1 unspecified atom stereocenters. The van der Waals surface area contributed by atoms with Gasteiger partial charge in [0.2, 0.25) is 5.91 Å². The first-order valence-corrected chi connectivity index (χ1v) is 10.2. The summed E-state index contributed by atoms with van der Waals surface area (Å²) in [5, 5.41) is 3.47. The van der Waals surface area contributed by atoms with E-state index in [1.807, 2.05) is 59.5 Å². The van der Waals surface area contributed by atoms with Gasteiger partial charge in [-0.15, -0.1) is 0 Å². The third-order valence-electron chi connectivity index (χ3n) is 5.17. The highest BCUT2D eigenvalue weighted by Crippen LogP contribution is 2.18. The number of Topliss-reactive ketones (excluding diaryl/α,β-unsaturated/α-hetero) is 1. The largest absolute Gasteiger partial charge is 0.380 e. The van der Waals surface area contributed by atoms with Crippen LogP contribution in [0.3, 0.4) is 0 Å². The topological polar surface area (TPSA) is 49.4 Å². The van der Waals surface area contributed by atoms with Crippen LogP contribution in [-0.2, 0) is 11.2 Å². The zero-order valence-electron chi connectivity index (χ0n) is 16.9. The molecule has 0 saturated carbocycles. The van der Waals surface area contributed by atoms with E-state index >= 15 is 0 Å². The van der Waals surface area contributed by atoms with Crippen molar-refractivity contribution in [3.8, 4) is 0 Å². The number of ketones is 1. The van der Waals surface area contributed by atoms with Gasteiger partial charge in [0.05, 0.1) is 0 Å². The van der Waals surface area contributed by atoms with Gasteiger partial charge in [0.15, 0.2) is 5.78 Å². The van der Waals surface area contributed by atoms with Crippen molar-refractivity contribution >= 4 is 17.4 Å². The summed E-state index contributed by atoms with van der Waals surface area (Å²) in [5.74, 6) is 0.713. The second-order valence-corrected chi connectivity index (χ2v) is 8.05. The molecule has 1 heterocycles. The average Bonchev–Trinajstić information content (AvgIpc) is 3.15. The highest BCUT2D eigenvalue weighted by Gasteiger charge is 2.26. The third kappa shape index (κ3) is 5.69. The predicted molar refractivity (Wildman–Crippen MR) is 114 cm³/mol. The molecule has 0 spiro atoms. The van der Waals surface area contributed by atoms with E-state index in [4.69, 9.17) is 0 Å². The second kappa shape index (κ2) is 9.54. The number of anilines is 1. The van der Waals surface area contributed by atoms with Crippen LogP contribution in [0.1, 0.15) is 49.0 Å². The molecule has 1 atom stereocenters. The molecule has 1 aliphatic rings. The van der Waals surface area contributed by atoms with Crippen molar-refractivity contribution in [2.24, 2.45) is 5.92 Å². The van der Waals surface area contributed by atoms with Gasteiger partial charge in [-0.3, -0.25) is 9.59 Å². The van der Waals surface area contributed by atoms with E-state index in [0.29, 0.717) is 18.0 Å². The van der Waals surface area contributed by atoms with E-state index in [2.05, 4.69) is 19.2 Å². The van der Waals surface area contributed by atoms with Crippen LogP contribution in [0.25, 0.3) is 0 Å². The maximum Gasteiger partial charge on any atom is 0.223 e. The SMILES string of the molecule is CC(C)Cc1ccc(C(=O)CCC(=O)N2CCC(Nc3ccccc3)C2)cc1. The van der Waals surface area contributed by atoms with Gasteiger partial charge < -0.3 is 10.2 Å². The van der Waals surface area contributed by atoms with Gasteiger partial charge >= 0.3 is 0 Å². The summed E-state index contributed by atoms with van der Waals surface area (Å²) >= 11 is 0. The van der Waals surface area contributed by atoms with Crippen molar-refractivity contribution in [2.45, 2.75) is 45.6 Å². The number of likely N-dealkylation sites (tertiary alicyclic amines) is 1. The van der Waals surface area contributed by atoms with E-state index in [-0.39, 0.29) is 30.6 Å². The lowest BCUT2D eigenvalue weighted by atomic mass is 9.99. The number of rotatable bonds is 8. The summed E-state index contributed by atoms with van der Waals surface area (Å²) in [6.45, 7) is 5.82. The van der Waals surface area contributed by atoms with E-state index < -0.39 is 0 Å². The molecular formula is C24H30N2O2. The molecule has 4 nitrogen and oxygen atoms in total. The third-order valence-corrected chi connectivity index (χ3v) is 5.17. The molecular weight excluding hydrogens is 348 g/mol. The molecule has 1 amide bonds. The first kappa shape index (κ1) is 20.1. The quantitative estimate of drug-likeness (QED) is 0.685. The Bertz CT molecular complexity index is 784. The molecule has 0 aliphatic carbocycles. The number of hydrogen-bond donors (Lipinski definition) is 1. The number of hydrogen-bond acceptors (Lipinski definition) is 3. The van der Waals surface area contributed by atoms with Crippen LogP contribution in [0.2, 0.25) is 0 Å². The summed E-state index contributed by atoms with van der Waals surface area (Å²) in [4.78, 5) is 26.8. The fraction of sp³-hybridized carbons (Fsp3) is 0.417. The fourth-order valence-corrected chi connectivity index (χ4v) is 3.70. The number of carbonyl (C=O) groups excluding carboxylic acids is 2. The smallest absolute Gasteiger partial charge is 0.223 e. The zero-order valence-corrected chi connectivity index (χ0v) is 16.9. The van der Waals surface area contributed by atoms with Gasteiger partial charge in [-0.2, -0.15) is 0 Å². The van der Waals surface area contributed by atoms with Crippen molar-refractivity contribution in [2.75, 3.05) is 18.4 Å². The number of benzene rings is 2. The molecule has 148 valence electrons. The Morgan fingerprint density at radius 2 is 1.75 bits per heavy atom. The zero-order chi connectivity index (χ0) is 19.9. The molecule has 3 rings (SSSR count). The number of amides is 1. The Balaban J connectivity index is 1.44. The van der Waals surface area contributed by atoms with Crippen molar-refractivity contribution in [1.82, 2.24) is 4.90 Å². The lowest BCUT2D eigenvalue weighted by Gasteiger charge is -2.17. The Morgan fingerprint density at radius 3 is 2.43 bits per heavy atom. The Morgan fingerprint density at radius 1 is 1.04 bits per heavy atom. The molecule has 2 aromatic rings. The van der Waals surface area contributed by atoms with Crippen LogP contribution in [0.5, 0.6) is 0 Å². The van der Waals surface area contributed by atoms with Crippen LogP contribution in [-0.4, -0.2) is 35.7 Å². The molecule has 4 heteroatoms. The Kier molecular flexibility index (Phi) is 6.85. The van der Waals surface area contributed by atoms with Crippen molar-refractivity contribution in [3.05, 3.63) is 65.7 Å². The second-order valence-electron chi connectivity index (χ2n) is 8.05. The van der Waals surface area contributed by atoms with Gasteiger partial charge in [0, 0.05) is 43.2 Å². The average molecular weight is 379 g/mol. The minimum Gasteiger partial charge on any atom is -0.380 e. The first-order valence-electron chi connectivity index (χ1n) is 10.2. The van der Waals surface area contributed by atoms with E-state index in [0.717, 1.165) is 25.1 Å². The van der Waals surface area contributed by atoms with Crippen LogP contribution in [0.4, 0.5) is 5.69 Å². The lowest BCUT2D eigenvalue weighted by Crippen LogP contribution is -2.31. The first-order chi connectivity index (χ1) is 13.5. The van der Waals surface area contributed by atoms with Gasteiger partial charge in [-0.25, -0.2) is 0 Å². The number of nitrogens with zero attached hydrogens (tertiary/aromatic N) is 1. The van der Waals surface area contributed by atoms with Gasteiger partial charge in [0.25, 0.3) is 0 Å². The monoisotopic (exact) mass is 378 g/mol. The normalized spacial score (nSPS) is 16.4. The summed E-state index contributed by atoms with van der Waals surface area (Å²) in [6.07, 6.45) is 2.51. The summed E-state index contributed by atoms with van der Waals surface area (Å²) in [6, 6.07) is 18.2. The molecule has 28 heavy (non-hydrogen) atoms. The van der Waals surface area contributed by atoms with E-state index in [9.17, 15) is 9.59 Å². The Hall–Kier alpha value is -2.62. The fourth-order valence-electron chi connectivity index (χ4n) is 3.70. The van der Waals surface area contributed by atoms with Crippen LogP contribution in [0, 0.1) is 5.92 Å². The van der Waals surface area contributed by atoms with Gasteiger partial charge in [0.1, 0.15) is 0 Å². The molecule has 1 aliphatic heterocycles. The van der Waals surface area contributed by atoms with Crippen LogP contribution in [0.15, 0.2) is 54.6 Å². The van der Waals surface area contributed by atoms with Crippen molar-refractivity contribution in [1.29, 1.82) is 0 Å². The maximum atomic E-state index is 12.5. The van der Waals surface area contributed by atoms with E-state index in [1.165, 1.54) is 5.56 Å². The Labute approximate surface area is 167 Å². The summed E-state index contributed by atoms with van der Waals surface area (Å²) < 4.78 is 0. The van der Waals surface area contributed by atoms with Gasteiger partial charge in [-0.1, -0.05) is 56.3 Å². The van der Waals surface area contributed by atoms with E-state index in [1.54, 1.807) is 0 Å². The maximum absolute atomic E-state index is 12.5. The molecule has 1 N–H and O–H groups in total. The highest BCUT2D eigenvalue weighted by molar-refractivity contribution is 5.98. The van der Waals surface area contributed by atoms with Crippen LogP contribution < -0.4 is 5.32 Å². The lowest BCUT2D eigenvalue weighted by molar-refractivity contribution is -0.130. The molecule has 0 bridgehead atoms. The van der Waals surface area contributed by atoms with Crippen molar-refractivity contribution < 1.29 is 9.59 Å². The number of nitrogens with one attached hydrogen (secondary N) is 1. The van der Waals surface area contributed by atoms with Crippen LogP contribution >= 0.6 is 0 Å². The molecule has 1 fully saturated rings. The molecule has 0 aromatic heterocycles. The predicted octanol–water partition coefficient (Wildman–Crippen LogP) is 4.56. The number of carbonyl (C=O) groups is 2. The summed E-state index contributed by atoms with van der Waals surface area (Å²) in [5.41, 5.74) is 3.03. The minimum absolute atomic E-state index is 0.0441. The molecule has 0 radical (unpaired) electrons. The minimum atomic E-state index is 0.0441.